The van der Waals surface area contributed by atoms with Gasteiger partial charge in [-0.1, -0.05) is 50.2 Å². The van der Waals surface area contributed by atoms with Crippen molar-refractivity contribution in [2.45, 2.75) is 32.9 Å². The average molecular weight is 433 g/mol. The minimum Gasteiger partial charge on any atom is -0.497 e. The van der Waals surface area contributed by atoms with Gasteiger partial charge < -0.3 is 14.8 Å². The number of amides is 1. The van der Waals surface area contributed by atoms with Crippen LogP contribution in [0.2, 0.25) is 0 Å². The largest absolute Gasteiger partial charge is 0.497 e. The van der Waals surface area contributed by atoms with Crippen molar-refractivity contribution in [3.63, 3.8) is 0 Å². The smallest absolute Gasteiger partial charge is 0.415 e. The van der Waals surface area contributed by atoms with Crippen molar-refractivity contribution in [1.82, 2.24) is 9.97 Å². The molecule has 1 saturated heterocycles. The van der Waals surface area contributed by atoms with Gasteiger partial charge >= 0.3 is 6.09 Å². The van der Waals surface area contributed by atoms with E-state index >= 15 is 0 Å². The van der Waals surface area contributed by atoms with Crippen LogP contribution in [0.15, 0.2) is 60.9 Å². The number of carbonyl (C=O) groups is 1. The fourth-order valence-electron chi connectivity index (χ4n) is 3.78. The maximum atomic E-state index is 12.2. The molecule has 0 saturated carbocycles. The normalized spacial score (nSPS) is 16.7. The van der Waals surface area contributed by atoms with Crippen LogP contribution in [0, 0.1) is 5.92 Å². The molecule has 4 rings (SSSR count). The zero-order valence-electron chi connectivity index (χ0n) is 18.8. The minimum atomic E-state index is -0.377. The molecular formula is C25H28N4O3. The lowest BCUT2D eigenvalue weighted by Crippen LogP contribution is -2.37. The second kappa shape index (κ2) is 9.26. The van der Waals surface area contributed by atoms with Crippen molar-refractivity contribution in [3.8, 4) is 16.9 Å². The van der Waals surface area contributed by atoms with Crippen LogP contribution in [-0.2, 0) is 4.74 Å². The summed E-state index contributed by atoms with van der Waals surface area (Å²) in [5.74, 6) is 2.20. The Kier molecular flexibility index (Phi) is 6.25. The summed E-state index contributed by atoms with van der Waals surface area (Å²) in [7, 11) is 1.66. The summed E-state index contributed by atoms with van der Waals surface area (Å²) < 4.78 is 10.5. The number of nitrogens with zero attached hydrogens (tertiary/aromatic N) is 3. The number of methoxy groups -OCH3 is 1. The number of nitrogens with one attached hydrogen (secondary N) is 1. The Labute approximate surface area is 188 Å². The summed E-state index contributed by atoms with van der Waals surface area (Å²) in [4.78, 5) is 22.7. The molecule has 1 aromatic heterocycles. The molecule has 0 bridgehead atoms. The van der Waals surface area contributed by atoms with Gasteiger partial charge in [0.05, 0.1) is 25.5 Å². The second-order valence-electron chi connectivity index (χ2n) is 8.24. The Morgan fingerprint density at radius 3 is 2.31 bits per heavy atom. The van der Waals surface area contributed by atoms with Gasteiger partial charge in [-0.25, -0.2) is 9.78 Å². The Morgan fingerprint density at radius 2 is 1.69 bits per heavy atom. The molecule has 1 amide bonds. The number of benzene rings is 2. The molecule has 0 aliphatic carbocycles. The van der Waals surface area contributed by atoms with Crippen molar-refractivity contribution >= 4 is 17.7 Å². The van der Waals surface area contributed by atoms with Crippen molar-refractivity contribution < 1.29 is 14.3 Å². The van der Waals surface area contributed by atoms with Gasteiger partial charge in [0.2, 0.25) is 0 Å². The van der Waals surface area contributed by atoms with Crippen LogP contribution in [0.4, 0.5) is 16.4 Å². The third kappa shape index (κ3) is 4.51. The molecule has 0 spiro atoms. The highest BCUT2D eigenvalue weighted by molar-refractivity contribution is 5.89. The number of carbonyl (C=O) groups excluding carboxylic acids is 1. The first-order valence-electron chi connectivity index (χ1n) is 10.7. The predicted molar refractivity (Wildman–Crippen MR) is 125 cm³/mol. The van der Waals surface area contributed by atoms with Gasteiger partial charge in [-0.15, -0.1) is 0 Å². The fraction of sp³-hybridized carbons (Fsp3) is 0.320. The molecule has 32 heavy (non-hydrogen) atoms. The van der Waals surface area contributed by atoms with Crippen LogP contribution in [0.25, 0.3) is 11.1 Å². The molecule has 3 aromatic rings. The van der Waals surface area contributed by atoms with E-state index < -0.39 is 0 Å². The zero-order valence-corrected chi connectivity index (χ0v) is 18.8. The topological polar surface area (TPSA) is 76.6 Å². The van der Waals surface area contributed by atoms with Gasteiger partial charge in [-0.05, 0) is 41.7 Å². The second-order valence-corrected chi connectivity index (χ2v) is 8.24. The summed E-state index contributed by atoms with van der Waals surface area (Å²) >= 11 is 0. The summed E-state index contributed by atoms with van der Waals surface area (Å²) in [6.07, 6.45) is 2.89. The summed E-state index contributed by atoms with van der Waals surface area (Å²) in [5.41, 5.74) is 3.39. The molecule has 1 fully saturated rings. The lowest BCUT2D eigenvalue weighted by molar-refractivity contribution is 0.177. The molecule has 1 N–H and O–H groups in total. The first-order chi connectivity index (χ1) is 15.5. The summed E-state index contributed by atoms with van der Waals surface area (Å²) in [6.45, 7) is 6.56. The van der Waals surface area contributed by atoms with Crippen molar-refractivity contribution in [2.24, 2.45) is 5.92 Å². The number of cyclic esters (lactones) is 1. The van der Waals surface area contributed by atoms with E-state index in [0.717, 1.165) is 22.4 Å². The van der Waals surface area contributed by atoms with E-state index in [1.54, 1.807) is 24.4 Å². The van der Waals surface area contributed by atoms with Crippen molar-refractivity contribution in [1.29, 1.82) is 0 Å². The molecule has 2 atom stereocenters. The van der Waals surface area contributed by atoms with Gasteiger partial charge in [0.25, 0.3) is 0 Å². The van der Waals surface area contributed by atoms with E-state index in [9.17, 15) is 4.79 Å². The lowest BCUT2D eigenvalue weighted by Gasteiger charge is -2.23. The Morgan fingerprint density at radius 1 is 1.03 bits per heavy atom. The third-order valence-corrected chi connectivity index (χ3v) is 5.74. The van der Waals surface area contributed by atoms with E-state index in [4.69, 9.17) is 9.47 Å². The monoisotopic (exact) mass is 432 g/mol. The van der Waals surface area contributed by atoms with Crippen LogP contribution in [0.3, 0.4) is 0 Å². The molecule has 166 valence electrons. The maximum absolute atomic E-state index is 12.2. The molecule has 1 aliphatic rings. The van der Waals surface area contributed by atoms with Crippen LogP contribution < -0.4 is 15.0 Å². The first-order valence-corrected chi connectivity index (χ1v) is 10.7. The summed E-state index contributed by atoms with van der Waals surface area (Å²) in [5, 5.41) is 3.39. The van der Waals surface area contributed by atoms with Gasteiger partial charge in [0, 0.05) is 6.04 Å². The van der Waals surface area contributed by atoms with Gasteiger partial charge in [0.15, 0.2) is 5.82 Å². The number of aromatic nitrogens is 2. The predicted octanol–water partition coefficient (Wildman–Crippen LogP) is 5.31. The molecule has 0 radical (unpaired) electrons. The fourth-order valence-corrected chi connectivity index (χ4v) is 3.78. The number of hydrogen-bond donors (Lipinski definition) is 1. The van der Waals surface area contributed by atoms with E-state index in [0.29, 0.717) is 18.2 Å². The molecule has 7 heteroatoms. The highest BCUT2D eigenvalue weighted by Crippen LogP contribution is 2.28. The van der Waals surface area contributed by atoms with Crippen molar-refractivity contribution in [3.05, 3.63) is 66.5 Å². The maximum Gasteiger partial charge on any atom is 0.415 e. The third-order valence-electron chi connectivity index (χ3n) is 5.74. The standard InChI is InChI=1S/C25H28N4O3/c1-16(2)22-15-32-25(30)29(22)24-14-26-13-23(28-24)27-17(3)18-5-7-19(8-6-18)20-9-11-21(31-4)12-10-20/h5-14,16-17,22H,15H2,1-4H3,(H,27,28)/t17-,22+/m0/s1. The Hall–Kier alpha value is -3.61. The minimum absolute atomic E-state index is 0.0101. The zero-order chi connectivity index (χ0) is 22.7. The molecular weight excluding hydrogens is 404 g/mol. The highest BCUT2D eigenvalue weighted by atomic mass is 16.6. The quantitative estimate of drug-likeness (QED) is 0.545. The number of hydrogen-bond acceptors (Lipinski definition) is 6. The van der Waals surface area contributed by atoms with Gasteiger partial charge in [-0.2, -0.15) is 0 Å². The van der Waals surface area contributed by atoms with E-state index in [2.05, 4.69) is 60.3 Å². The molecule has 0 unspecified atom stereocenters. The van der Waals surface area contributed by atoms with E-state index in [-0.39, 0.29) is 24.1 Å². The van der Waals surface area contributed by atoms with Crippen LogP contribution >= 0.6 is 0 Å². The Balaban J connectivity index is 1.47. The van der Waals surface area contributed by atoms with Gasteiger partial charge in [-0.3, -0.25) is 9.88 Å². The van der Waals surface area contributed by atoms with E-state index in [1.165, 1.54) is 0 Å². The first kappa shape index (κ1) is 21.6. The molecule has 1 aliphatic heterocycles. The van der Waals surface area contributed by atoms with E-state index in [1.807, 2.05) is 24.3 Å². The molecule has 2 heterocycles. The number of ether oxygens (including phenoxy) is 2. The van der Waals surface area contributed by atoms with Crippen LogP contribution in [-0.4, -0.2) is 35.8 Å². The Bertz CT molecular complexity index is 1070. The molecule has 2 aromatic carbocycles. The highest BCUT2D eigenvalue weighted by Gasteiger charge is 2.37. The summed E-state index contributed by atoms with van der Waals surface area (Å²) in [6, 6.07) is 16.4. The average Bonchev–Trinajstić information content (AvgIpc) is 3.21. The lowest BCUT2D eigenvalue weighted by atomic mass is 10.0. The van der Waals surface area contributed by atoms with Gasteiger partial charge in [0.1, 0.15) is 18.2 Å². The van der Waals surface area contributed by atoms with Crippen LogP contribution in [0.1, 0.15) is 32.4 Å². The SMILES string of the molecule is COc1ccc(-c2ccc([C@H](C)Nc3cncc(N4C(=O)OC[C@@H]4C(C)C)n3)cc2)cc1. The van der Waals surface area contributed by atoms with Crippen LogP contribution in [0.5, 0.6) is 5.75 Å². The molecule has 7 nitrogen and oxygen atoms in total. The number of rotatable bonds is 7. The van der Waals surface area contributed by atoms with Crippen molar-refractivity contribution in [2.75, 3.05) is 23.9 Å². The number of anilines is 2.